The Hall–Kier alpha value is -2.04. The number of nitrogens with one attached hydrogen (secondary N) is 2. The molecular formula is C14H20N2O3. The number of hydrogen-bond acceptors (Lipinski definition) is 3. The standard InChI is InChI=1S/C14H20N2O3/c1-5-7-10(11-8-6-9-12(17)15-11)16-13(18)19-14(2,3)4/h5-6,8-10H,1,7H2,2-4H3,(H,15,17)(H,16,18)/t10-/m0/s1. The van der Waals surface area contributed by atoms with Crippen molar-refractivity contribution in [3.05, 3.63) is 46.9 Å². The van der Waals surface area contributed by atoms with E-state index in [1.807, 2.05) is 0 Å². The molecule has 1 atom stereocenters. The summed E-state index contributed by atoms with van der Waals surface area (Å²) in [5.74, 6) is 0. The number of aromatic nitrogens is 1. The molecule has 0 aliphatic heterocycles. The molecule has 1 aromatic rings. The van der Waals surface area contributed by atoms with Crippen LogP contribution in [-0.4, -0.2) is 16.7 Å². The highest BCUT2D eigenvalue weighted by Crippen LogP contribution is 2.15. The van der Waals surface area contributed by atoms with Gasteiger partial charge in [0.15, 0.2) is 0 Å². The minimum absolute atomic E-state index is 0.211. The van der Waals surface area contributed by atoms with Crippen molar-refractivity contribution >= 4 is 6.09 Å². The molecule has 5 heteroatoms. The number of carbonyl (C=O) groups excluding carboxylic acids is 1. The van der Waals surface area contributed by atoms with E-state index in [1.165, 1.54) is 6.07 Å². The molecule has 0 fully saturated rings. The minimum Gasteiger partial charge on any atom is -0.444 e. The van der Waals surface area contributed by atoms with Gasteiger partial charge in [-0.05, 0) is 33.3 Å². The number of hydrogen-bond donors (Lipinski definition) is 2. The molecule has 0 aromatic carbocycles. The molecule has 0 aliphatic rings. The van der Waals surface area contributed by atoms with Gasteiger partial charge in [0.1, 0.15) is 5.60 Å². The zero-order chi connectivity index (χ0) is 14.5. The Bertz CT molecular complexity index is 500. The summed E-state index contributed by atoms with van der Waals surface area (Å²) in [6.45, 7) is 9.02. The Balaban J connectivity index is 2.81. The first-order valence-corrected chi connectivity index (χ1v) is 6.11. The van der Waals surface area contributed by atoms with Crippen LogP contribution in [0.25, 0.3) is 0 Å². The van der Waals surface area contributed by atoms with Crippen LogP contribution < -0.4 is 10.9 Å². The number of amides is 1. The summed E-state index contributed by atoms with van der Waals surface area (Å²) >= 11 is 0. The summed E-state index contributed by atoms with van der Waals surface area (Å²) in [5, 5.41) is 2.72. The monoisotopic (exact) mass is 264 g/mol. The Morgan fingerprint density at radius 3 is 2.74 bits per heavy atom. The van der Waals surface area contributed by atoms with Gasteiger partial charge < -0.3 is 15.0 Å². The van der Waals surface area contributed by atoms with Crippen LogP contribution in [0.1, 0.15) is 38.9 Å². The highest BCUT2D eigenvalue weighted by Gasteiger charge is 2.20. The summed E-state index contributed by atoms with van der Waals surface area (Å²) < 4.78 is 5.19. The van der Waals surface area contributed by atoms with E-state index in [2.05, 4.69) is 16.9 Å². The number of alkyl carbamates (subject to hydrolysis) is 1. The van der Waals surface area contributed by atoms with Crippen LogP contribution >= 0.6 is 0 Å². The molecule has 1 rings (SSSR count). The predicted octanol–water partition coefficient (Wildman–Crippen LogP) is 2.52. The summed E-state index contributed by atoms with van der Waals surface area (Å²) in [6, 6.07) is 4.44. The second kappa shape index (κ2) is 6.22. The molecule has 5 nitrogen and oxygen atoms in total. The summed E-state index contributed by atoms with van der Waals surface area (Å²) in [5.41, 5.74) is -0.150. The Morgan fingerprint density at radius 1 is 1.53 bits per heavy atom. The highest BCUT2D eigenvalue weighted by molar-refractivity contribution is 5.68. The Morgan fingerprint density at radius 2 is 2.21 bits per heavy atom. The van der Waals surface area contributed by atoms with Crippen molar-refractivity contribution < 1.29 is 9.53 Å². The second-order valence-corrected chi connectivity index (χ2v) is 5.19. The van der Waals surface area contributed by atoms with Gasteiger partial charge in [-0.15, -0.1) is 6.58 Å². The van der Waals surface area contributed by atoms with Crippen molar-refractivity contribution in [2.45, 2.75) is 38.8 Å². The smallest absolute Gasteiger partial charge is 0.408 e. The highest BCUT2D eigenvalue weighted by atomic mass is 16.6. The third-order valence-corrected chi connectivity index (χ3v) is 2.26. The average molecular weight is 264 g/mol. The summed E-state index contributed by atoms with van der Waals surface area (Å²) in [6.07, 6.45) is 1.65. The molecule has 0 radical (unpaired) electrons. The average Bonchev–Trinajstić information content (AvgIpc) is 2.26. The molecule has 0 unspecified atom stereocenters. The fraction of sp³-hybridized carbons (Fsp3) is 0.429. The molecule has 0 bridgehead atoms. The normalized spacial score (nSPS) is 12.6. The Labute approximate surface area is 112 Å². The molecule has 0 aliphatic carbocycles. The summed E-state index contributed by atoms with van der Waals surface area (Å²) in [4.78, 5) is 25.7. The molecule has 1 heterocycles. The van der Waals surface area contributed by atoms with Crippen molar-refractivity contribution in [1.29, 1.82) is 0 Å². The SMILES string of the molecule is C=CC[C@H](NC(=O)OC(C)(C)C)c1cccc(=O)[nH]1. The van der Waals surface area contributed by atoms with Gasteiger partial charge in [0.25, 0.3) is 0 Å². The van der Waals surface area contributed by atoms with E-state index in [1.54, 1.807) is 39.0 Å². The fourth-order valence-electron chi connectivity index (χ4n) is 1.55. The largest absolute Gasteiger partial charge is 0.444 e. The van der Waals surface area contributed by atoms with Gasteiger partial charge >= 0.3 is 6.09 Å². The van der Waals surface area contributed by atoms with Crippen molar-refractivity contribution in [3.8, 4) is 0 Å². The first kappa shape index (κ1) is 15.0. The molecule has 0 saturated heterocycles. The van der Waals surface area contributed by atoms with Crippen LogP contribution in [0.4, 0.5) is 4.79 Å². The summed E-state index contributed by atoms with van der Waals surface area (Å²) in [7, 11) is 0. The predicted molar refractivity (Wildman–Crippen MR) is 74.0 cm³/mol. The van der Waals surface area contributed by atoms with Crippen molar-refractivity contribution in [2.24, 2.45) is 0 Å². The Kier molecular flexibility index (Phi) is 4.92. The second-order valence-electron chi connectivity index (χ2n) is 5.19. The van der Waals surface area contributed by atoms with Crippen LogP contribution in [0.15, 0.2) is 35.6 Å². The molecule has 0 spiro atoms. The molecule has 1 amide bonds. The third-order valence-electron chi connectivity index (χ3n) is 2.26. The maximum absolute atomic E-state index is 11.7. The van der Waals surface area contributed by atoms with E-state index < -0.39 is 11.7 Å². The van der Waals surface area contributed by atoms with E-state index in [0.29, 0.717) is 12.1 Å². The van der Waals surface area contributed by atoms with Gasteiger partial charge in [-0.2, -0.15) is 0 Å². The number of aromatic amines is 1. The molecule has 1 aromatic heterocycles. The first-order valence-electron chi connectivity index (χ1n) is 6.11. The molecular weight excluding hydrogens is 244 g/mol. The van der Waals surface area contributed by atoms with Gasteiger partial charge in [0, 0.05) is 11.8 Å². The van der Waals surface area contributed by atoms with Gasteiger partial charge in [-0.3, -0.25) is 4.79 Å². The van der Waals surface area contributed by atoms with Gasteiger partial charge in [-0.1, -0.05) is 12.1 Å². The minimum atomic E-state index is -0.563. The van der Waals surface area contributed by atoms with Crippen molar-refractivity contribution in [1.82, 2.24) is 10.3 Å². The van der Waals surface area contributed by atoms with Crippen LogP contribution in [-0.2, 0) is 4.74 Å². The van der Waals surface area contributed by atoms with Crippen molar-refractivity contribution in [2.75, 3.05) is 0 Å². The van der Waals surface area contributed by atoms with E-state index in [0.717, 1.165) is 0 Å². The lowest BCUT2D eigenvalue weighted by Crippen LogP contribution is -2.35. The number of H-pyrrole nitrogens is 1. The zero-order valence-corrected chi connectivity index (χ0v) is 11.5. The lowest BCUT2D eigenvalue weighted by atomic mass is 10.1. The van der Waals surface area contributed by atoms with Gasteiger partial charge in [-0.25, -0.2) is 4.79 Å². The zero-order valence-electron chi connectivity index (χ0n) is 11.5. The van der Waals surface area contributed by atoms with E-state index in [9.17, 15) is 9.59 Å². The lowest BCUT2D eigenvalue weighted by Gasteiger charge is -2.23. The van der Waals surface area contributed by atoms with Crippen molar-refractivity contribution in [3.63, 3.8) is 0 Å². The number of ether oxygens (including phenoxy) is 1. The maximum atomic E-state index is 11.7. The number of rotatable bonds is 4. The fourth-order valence-corrected chi connectivity index (χ4v) is 1.55. The number of pyridine rings is 1. The van der Waals surface area contributed by atoms with Gasteiger partial charge in [0.2, 0.25) is 5.56 Å². The van der Waals surface area contributed by atoms with E-state index in [-0.39, 0.29) is 11.6 Å². The lowest BCUT2D eigenvalue weighted by molar-refractivity contribution is 0.0503. The van der Waals surface area contributed by atoms with E-state index in [4.69, 9.17) is 4.74 Å². The quantitative estimate of drug-likeness (QED) is 0.821. The van der Waals surface area contributed by atoms with Crippen LogP contribution in [0.2, 0.25) is 0 Å². The van der Waals surface area contributed by atoms with Crippen LogP contribution in [0, 0.1) is 0 Å². The molecule has 104 valence electrons. The topological polar surface area (TPSA) is 71.2 Å². The molecule has 19 heavy (non-hydrogen) atoms. The van der Waals surface area contributed by atoms with Crippen LogP contribution in [0.3, 0.4) is 0 Å². The molecule has 0 saturated carbocycles. The number of carbonyl (C=O) groups is 1. The third kappa shape index (κ3) is 5.42. The maximum Gasteiger partial charge on any atom is 0.408 e. The molecule has 2 N–H and O–H groups in total. The van der Waals surface area contributed by atoms with Crippen LogP contribution in [0.5, 0.6) is 0 Å². The van der Waals surface area contributed by atoms with Gasteiger partial charge in [0.05, 0.1) is 6.04 Å². The van der Waals surface area contributed by atoms with E-state index >= 15 is 0 Å². The first-order chi connectivity index (χ1) is 8.81.